The first-order valence-corrected chi connectivity index (χ1v) is 8.49. The molecule has 0 aliphatic heterocycles. The molecular formula is C12H20BrClN2S. The Morgan fingerprint density at radius 1 is 1.47 bits per heavy atom. The third-order valence-corrected chi connectivity index (χ3v) is 5.32. The van der Waals surface area contributed by atoms with E-state index >= 15 is 0 Å². The quantitative estimate of drug-likeness (QED) is 0.688. The lowest BCUT2D eigenvalue weighted by Gasteiger charge is -2.08. The van der Waals surface area contributed by atoms with E-state index in [1.54, 1.807) is 0 Å². The molecule has 0 aromatic carbocycles. The van der Waals surface area contributed by atoms with Crippen molar-refractivity contribution in [2.75, 3.05) is 11.6 Å². The fraction of sp³-hybridized carbons (Fsp3) is 0.750. The van der Waals surface area contributed by atoms with Gasteiger partial charge in [0, 0.05) is 18.2 Å². The van der Waals surface area contributed by atoms with Crippen molar-refractivity contribution >= 4 is 39.3 Å². The molecule has 1 unspecified atom stereocenters. The van der Waals surface area contributed by atoms with E-state index in [-0.39, 0.29) is 0 Å². The highest BCUT2D eigenvalue weighted by Crippen LogP contribution is 2.26. The molecule has 0 bridgehead atoms. The van der Waals surface area contributed by atoms with Gasteiger partial charge in [0.1, 0.15) is 0 Å². The van der Waals surface area contributed by atoms with Crippen LogP contribution in [0.5, 0.6) is 0 Å². The molecule has 0 N–H and O–H groups in total. The molecule has 0 saturated carbocycles. The van der Waals surface area contributed by atoms with Crippen LogP contribution in [0.25, 0.3) is 0 Å². The van der Waals surface area contributed by atoms with Crippen LogP contribution in [0.1, 0.15) is 32.2 Å². The number of alkyl halides is 1. The van der Waals surface area contributed by atoms with Crippen molar-refractivity contribution in [1.29, 1.82) is 0 Å². The molecule has 0 aliphatic carbocycles. The number of aryl methyl sites for hydroxylation is 2. The molecule has 0 spiro atoms. The first kappa shape index (κ1) is 15.4. The summed E-state index contributed by atoms with van der Waals surface area (Å²) in [5.74, 6) is 3.42. The lowest BCUT2D eigenvalue weighted by Crippen LogP contribution is -2.04. The van der Waals surface area contributed by atoms with Crippen molar-refractivity contribution in [1.82, 2.24) is 9.78 Å². The van der Waals surface area contributed by atoms with Crippen molar-refractivity contribution in [2.45, 2.75) is 39.5 Å². The average Bonchev–Trinajstić information content (AvgIpc) is 2.65. The molecule has 1 heterocycles. The molecule has 0 radical (unpaired) electrons. The number of hydrogen-bond acceptors (Lipinski definition) is 2. The van der Waals surface area contributed by atoms with Crippen LogP contribution in [0.3, 0.4) is 0 Å². The van der Waals surface area contributed by atoms with Gasteiger partial charge in [0.25, 0.3) is 0 Å². The zero-order valence-corrected chi connectivity index (χ0v) is 13.8. The van der Waals surface area contributed by atoms with Crippen molar-refractivity contribution in [3.8, 4) is 0 Å². The SMILES string of the molecule is CCc1nn(CC)c(CSCC(C)CCl)c1Br. The van der Waals surface area contributed by atoms with Crippen LogP contribution in [0, 0.1) is 5.92 Å². The van der Waals surface area contributed by atoms with Crippen LogP contribution >= 0.6 is 39.3 Å². The van der Waals surface area contributed by atoms with Crippen molar-refractivity contribution in [3.05, 3.63) is 15.9 Å². The zero-order chi connectivity index (χ0) is 12.8. The average molecular weight is 340 g/mol. The monoisotopic (exact) mass is 338 g/mol. The molecule has 17 heavy (non-hydrogen) atoms. The third kappa shape index (κ3) is 4.18. The van der Waals surface area contributed by atoms with Crippen LogP contribution < -0.4 is 0 Å². The maximum Gasteiger partial charge on any atom is 0.0767 e. The van der Waals surface area contributed by atoms with Gasteiger partial charge in [-0.15, -0.1) is 11.6 Å². The fourth-order valence-corrected chi connectivity index (χ4v) is 3.81. The van der Waals surface area contributed by atoms with Gasteiger partial charge < -0.3 is 0 Å². The van der Waals surface area contributed by atoms with Gasteiger partial charge in [0.05, 0.1) is 15.9 Å². The van der Waals surface area contributed by atoms with Gasteiger partial charge in [-0.3, -0.25) is 4.68 Å². The Morgan fingerprint density at radius 2 is 2.18 bits per heavy atom. The van der Waals surface area contributed by atoms with Crippen LogP contribution in [0.15, 0.2) is 4.47 Å². The molecule has 1 aromatic heterocycles. The normalized spacial score (nSPS) is 13.0. The van der Waals surface area contributed by atoms with Gasteiger partial charge in [-0.1, -0.05) is 13.8 Å². The Bertz CT molecular complexity index is 355. The first-order valence-electron chi connectivity index (χ1n) is 6.01. The third-order valence-electron chi connectivity index (χ3n) is 2.60. The molecular weight excluding hydrogens is 320 g/mol. The lowest BCUT2D eigenvalue weighted by molar-refractivity contribution is 0.627. The minimum Gasteiger partial charge on any atom is -0.268 e. The number of thioether (sulfide) groups is 1. The molecule has 0 fully saturated rings. The zero-order valence-electron chi connectivity index (χ0n) is 10.7. The Morgan fingerprint density at radius 3 is 2.71 bits per heavy atom. The Balaban J connectivity index is 2.66. The van der Waals surface area contributed by atoms with Gasteiger partial charge >= 0.3 is 0 Å². The van der Waals surface area contributed by atoms with Crippen molar-refractivity contribution in [2.24, 2.45) is 5.92 Å². The molecule has 5 heteroatoms. The second-order valence-corrected chi connectivity index (χ2v) is 6.28. The van der Waals surface area contributed by atoms with E-state index in [9.17, 15) is 0 Å². The molecule has 0 aliphatic rings. The van der Waals surface area contributed by atoms with E-state index in [4.69, 9.17) is 11.6 Å². The van der Waals surface area contributed by atoms with Gasteiger partial charge in [-0.2, -0.15) is 16.9 Å². The van der Waals surface area contributed by atoms with Crippen LogP contribution in [0.2, 0.25) is 0 Å². The largest absolute Gasteiger partial charge is 0.268 e. The number of aromatic nitrogens is 2. The maximum atomic E-state index is 5.81. The molecule has 1 rings (SSSR count). The lowest BCUT2D eigenvalue weighted by atomic mass is 10.3. The maximum absolute atomic E-state index is 5.81. The highest BCUT2D eigenvalue weighted by Gasteiger charge is 2.13. The van der Waals surface area contributed by atoms with Gasteiger partial charge in [0.15, 0.2) is 0 Å². The van der Waals surface area contributed by atoms with Crippen LogP contribution in [0.4, 0.5) is 0 Å². The fourth-order valence-electron chi connectivity index (χ4n) is 1.56. The summed E-state index contributed by atoms with van der Waals surface area (Å²) in [6.45, 7) is 7.39. The summed E-state index contributed by atoms with van der Waals surface area (Å²) >= 11 is 11.4. The summed E-state index contributed by atoms with van der Waals surface area (Å²) in [7, 11) is 0. The minimum atomic E-state index is 0.573. The highest BCUT2D eigenvalue weighted by molar-refractivity contribution is 9.10. The minimum absolute atomic E-state index is 0.573. The summed E-state index contributed by atoms with van der Waals surface area (Å²) in [4.78, 5) is 0. The standard InChI is InChI=1S/C12H20BrClN2S/c1-4-10-12(13)11(16(5-2)15-10)8-17-7-9(3)6-14/h9H,4-8H2,1-3H3. The highest BCUT2D eigenvalue weighted by atomic mass is 79.9. The summed E-state index contributed by atoms with van der Waals surface area (Å²) in [6, 6.07) is 0. The number of nitrogens with zero attached hydrogens (tertiary/aromatic N) is 2. The summed E-state index contributed by atoms with van der Waals surface area (Å²) in [6.07, 6.45) is 0.976. The molecule has 98 valence electrons. The van der Waals surface area contributed by atoms with Crippen LogP contribution in [-0.2, 0) is 18.7 Å². The van der Waals surface area contributed by atoms with Gasteiger partial charge in [-0.05, 0) is 40.9 Å². The van der Waals surface area contributed by atoms with E-state index in [0.717, 1.165) is 36.0 Å². The Hall–Kier alpha value is 0.330. The topological polar surface area (TPSA) is 17.8 Å². The summed E-state index contributed by atoms with van der Waals surface area (Å²) in [5.41, 5.74) is 2.46. The Labute approximate surface area is 122 Å². The molecule has 2 nitrogen and oxygen atoms in total. The predicted molar refractivity (Wildman–Crippen MR) is 81.0 cm³/mol. The molecule has 1 atom stereocenters. The first-order chi connectivity index (χ1) is 8.13. The molecule has 1 aromatic rings. The molecule has 0 saturated heterocycles. The van der Waals surface area contributed by atoms with Gasteiger partial charge in [0.2, 0.25) is 0 Å². The summed E-state index contributed by atoms with van der Waals surface area (Å²) in [5, 5.41) is 4.60. The van der Waals surface area contributed by atoms with E-state index in [0.29, 0.717) is 5.92 Å². The van der Waals surface area contributed by atoms with E-state index in [1.807, 2.05) is 11.8 Å². The summed E-state index contributed by atoms with van der Waals surface area (Å²) < 4.78 is 3.29. The number of hydrogen-bond donors (Lipinski definition) is 0. The van der Waals surface area contributed by atoms with E-state index in [2.05, 4.69) is 46.5 Å². The predicted octanol–water partition coefficient (Wildman–Crippen LogP) is 4.34. The van der Waals surface area contributed by atoms with E-state index < -0.39 is 0 Å². The van der Waals surface area contributed by atoms with Crippen molar-refractivity contribution in [3.63, 3.8) is 0 Å². The second-order valence-electron chi connectivity index (χ2n) is 4.15. The number of rotatable bonds is 7. The van der Waals surface area contributed by atoms with Crippen LogP contribution in [-0.4, -0.2) is 21.4 Å². The molecule has 0 amide bonds. The Kier molecular flexibility index (Phi) is 6.97. The second kappa shape index (κ2) is 7.70. The van der Waals surface area contributed by atoms with Crippen molar-refractivity contribution < 1.29 is 0 Å². The number of halogens is 2. The smallest absolute Gasteiger partial charge is 0.0767 e. The van der Waals surface area contributed by atoms with E-state index in [1.165, 1.54) is 10.2 Å². The van der Waals surface area contributed by atoms with Gasteiger partial charge in [-0.25, -0.2) is 0 Å².